The van der Waals surface area contributed by atoms with Crippen LogP contribution in [-0.4, -0.2) is 14.8 Å². The van der Waals surface area contributed by atoms with E-state index >= 15 is 0 Å². The molecule has 15 heavy (non-hydrogen) atoms. The zero-order valence-corrected chi connectivity index (χ0v) is 9.18. The largest absolute Gasteiger partial charge is 0.253 e. The van der Waals surface area contributed by atoms with Gasteiger partial charge in [0.25, 0.3) is 0 Å². The van der Waals surface area contributed by atoms with Crippen LogP contribution in [-0.2, 0) is 6.54 Å². The van der Waals surface area contributed by atoms with Crippen LogP contribution in [0.15, 0.2) is 38.0 Å². The minimum atomic E-state index is 0.615. The second-order valence-electron chi connectivity index (χ2n) is 3.73. The average molecular weight is 205 g/mol. The van der Waals surface area contributed by atoms with E-state index in [1.54, 1.807) is 12.7 Å². The van der Waals surface area contributed by atoms with Gasteiger partial charge >= 0.3 is 0 Å². The van der Waals surface area contributed by atoms with Gasteiger partial charge in [-0.15, -0.1) is 13.2 Å². The van der Waals surface area contributed by atoms with Crippen molar-refractivity contribution in [3.05, 3.63) is 38.0 Å². The highest BCUT2D eigenvalue weighted by atomic mass is 15.3. The summed E-state index contributed by atoms with van der Waals surface area (Å²) in [5, 5.41) is 4.12. The zero-order valence-electron chi connectivity index (χ0n) is 9.18. The van der Waals surface area contributed by atoms with Crippen LogP contribution in [0, 0.1) is 5.92 Å². The smallest absolute Gasteiger partial charge is 0.137 e. The van der Waals surface area contributed by atoms with Gasteiger partial charge in [0, 0.05) is 6.54 Å². The fourth-order valence-electron chi connectivity index (χ4n) is 1.66. The fraction of sp³-hybridized carbons (Fsp3) is 0.500. The first-order valence-electron chi connectivity index (χ1n) is 5.41. The molecule has 3 nitrogen and oxygen atoms in total. The van der Waals surface area contributed by atoms with Gasteiger partial charge in [0.1, 0.15) is 12.7 Å². The van der Waals surface area contributed by atoms with E-state index in [9.17, 15) is 0 Å². The molecule has 1 unspecified atom stereocenters. The van der Waals surface area contributed by atoms with Crippen molar-refractivity contribution in [3.63, 3.8) is 0 Å². The minimum absolute atomic E-state index is 0.615. The molecular weight excluding hydrogens is 186 g/mol. The van der Waals surface area contributed by atoms with Gasteiger partial charge in [-0.2, -0.15) is 5.10 Å². The maximum atomic E-state index is 4.12. The maximum absolute atomic E-state index is 4.12. The third-order valence-electron chi connectivity index (χ3n) is 2.43. The summed E-state index contributed by atoms with van der Waals surface area (Å²) in [6.45, 7) is 8.46. The average Bonchev–Trinajstić information content (AvgIpc) is 2.71. The van der Waals surface area contributed by atoms with Crippen molar-refractivity contribution in [3.8, 4) is 0 Å². The molecule has 1 atom stereocenters. The molecule has 0 fully saturated rings. The Kier molecular flexibility index (Phi) is 5.44. The molecule has 0 N–H and O–H groups in total. The third-order valence-corrected chi connectivity index (χ3v) is 2.43. The van der Waals surface area contributed by atoms with E-state index in [0.29, 0.717) is 5.92 Å². The van der Waals surface area contributed by atoms with Crippen LogP contribution in [0.3, 0.4) is 0 Å². The summed E-state index contributed by atoms with van der Waals surface area (Å²) in [7, 11) is 0. The summed E-state index contributed by atoms with van der Waals surface area (Å²) in [6.07, 6.45) is 11.8. The first-order valence-corrected chi connectivity index (χ1v) is 5.41. The first kappa shape index (κ1) is 11.7. The number of nitrogens with zero attached hydrogens (tertiary/aromatic N) is 3. The van der Waals surface area contributed by atoms with E-state index in [-0.39, 0.29) is 0 Å². The Labute approximate surface area is 91.5 Å². The molecule has 1 heterocycles. The normalized spacial score (nSPS) is 12.3. The van der Waals surface area contributed by atoms with Crippen LogP contribution < -0.4 is 0 Å². The lowest BCUT2D eigenvalue weighted by Crippen LogP contribution is -2.10. The van der Waals surface area contributed by atoms with E-state index in [0.717, 1.165) is 19.4 Å². The SMILES string of the molecule is C=CCCCC(CC=C)Cn1cncn1. The van der Waals surface area contributed by atoms with Crippen molar-refractivity contribution in [2.24, 2.45) is 5.92 Å². The Hall–Kier alpha value is -1.38. The van der Waals surface area contributed by atoms with Crippen LogP contribution in [0.1, 0.15) is 25.7 Å². The van der Waals surface area contributed by atoms with Gasteiger partial charge in [-0.3, -0.25) is 4.68 Å². The molecule has 0 bridgehead atoms. The monoisotopic (exact) mass is 205 g/mol. The van der Waals surface area contributed by atoms with Gasteiger partial charge < -0.3 is 0 Å². The molecule has 0 aliphatic rings. The molecule has 0 saturated carbocycles. The second kappa shape index (κ2) is 6.98. The van der Waals surface area contributed by atoms with Gasteiger partial charge in [-0.1, -0.05) is 12.2 Å². The highest BCUT2D eigenvalue weighted by molar-refractivity contribution is 4.75. The molecule has 0 aliphatic heterocycles. The molecule has 0 aliphatic carbocycles. The summed E-state index contributed by atoms with van der Waals surface area (Å²) in [5.74, 6) is 0.615. The lowest BCUT2D eigenvalue weighted by molar-refractivity contribution is 0.388. The third kappa shape index (κ3) is 4.58. The zero-order chi connectivity index (χ0) is 10.9. The van der Waals surface area contributed by atoms with E-state index in [4.69, 9.17) is 0 Å². The van der Waals surface area contributed by atoms with Crippen LogP contribution in [0.2, 0.25) is 0 Å². The molecule has 3 heteroatoms. The predicted molar refractivity (Wildman–Crippen MR) is 62.4 cm³/mol. The minimum Gasteiger partial charge on any atom is -0.253 e. The molecular formula is C12H19N3. The number of hydrogen-bond donors (Lipinski definition) is 0. The number of hydrogen-bond acceptors (Lipinski definition) is 2. The van der Waals surface area contributed by atoms with Gasteiger partial charge in [-0.25, -0.2) is 4.98 Å². The number of rotatable bonds is 8. The van der Waals surface area contributed by atoms with Gasteiger partial charge in [0.2, 0.25) is 0 Å². The molecule has 1 rings (SSSR count). The second-order valence-corrected chi connectivity index (χ2v) is 3.73. The summed E-state index contributed by atoms with van der Waals surface area (Å²) < 4.78 is 1.89. The lowest BCUT2D eigenvalue weighted by Gasteiger charge is -2.13. The number of aromatic nitrogens is 3. The summed E-state index contributed by atoms with van der Waals surface area (Å²) in [6, 6.07) is 0. The van der Waals surface area contributed by atoms with Gasteiger partial charge in [0.15, 0.2) is 0 Å². The van der Waals surface area contributed by atoms with E-state index in [1.165, 1.54) is 12.8 Å². The predicted octanol–water partition coefficient (Wildman–Crippen LogP) is 2.83. The molecule has 0 saturated heterocycles. The highest BCUT2D eigenvalue weighted by Crippen LogP contribution is 2.15. The molecule has 0 radical (unpaired) electrons. The molecule has 1 aromatic heterocycles. The molecule has 0 amide bonds. The Morgan fingerprint density at radius 1 is 1.33 bits per heavy atom. The number of unbranched alkanes of at least 4 members (excludes halogenated alkanes) is 1. The van der Waals surface area contributed by atoms with Gasteiger partial charge in [0.05, 0.1) is 0 Å². The van der Waals surface area contributed by atoms with Crippen LogP contribution in [0.25, 0.3) is 0 Å². The van der Waals surface area contributed by atoms with Crippen molar-refractivity contribution in [2.75, 3.05) is 0 Å². The van der Waals surface area contributed by atoms with Gasteiger partial charge in [-0.05, 0) is 31.6 Å². The van der Waals surface area contributed by atoms with Crippen LogP contribution in [0.4, 0.5) is 0 Å². The Morgan fingerprint density at radius 3 is 2.80 bits per heavy atom. The van der Waals surface area contributed by atoms with Crippen molar-refractivity contribution >= 4 is 0 Å². The van der Waals surface area contributed by atoms with Crippen molar-refractivity contribution in [1.82, 2.24) is 14.8 Å². The summed E-state index contributed by atoms with van der Waals surface area (Å²) in [5.41, 5.74) is 0. The Morgan fingerprint density at radius 2 is 2.20 bits per heavy atom. The van der Waals surface area contributed by atoms with Crippen molar-refractivity contribution in [2.45, 2.75) is 32.2 Å². The number of allylic oxidation sites excluding steroid dienone is 2. The van der Waals surface area contributed by atoms with Crippen LogP contribution >= 0.6 is 0 Å². The standard InChI is InChI=1S/C12H19N3/c1-3-5-6-8-12(7-4-2)9-15-11-13-10-14-15/h3-4,10-12H,1-2,5-9H2. The van der Waals surface area contributed by atoms with E-state index in [1.807, 2.05) is 16.8 Å². The quantitative estimate of drug-likeness (QED) is 0.482. The summed E-state index contributed by atoms with van der Waals surface area (Å²) >= 11 is 0. The van der Waals surface area contributed by atoms with Crippen LogP contribution in [0.5, 0.6) is 0 Å². The lowest BCUT2D eigenvalue weighted by atomic mass is 9.98. The fourth-order valence-corrected chi connectivity index (χ4v) is 1.66. The Bertz CT molecular complexity index is 277. The van der Waals surface area contributed by atoms with Crippen molar-refractivity contribution in [1.29, 1.82) is 0 Å². The first-order chi connectivity index (χ1) is 7.36. The molecule has 82 valence electrons. The van der Waals surface area contributed by atoms with Crippen molar-refractivity contribution < 1.29 is 0 Å². The highest BCUT2D eigenvalue weighted by Gasteiger charge is 2.07. The molecule has 1 aromatic rings. The molecule has 0 spiro atoms. The Balaban J connectivity index is 2.35. The maximum Gasteiger partial charge on any atom is 0.137 e. The van der Waals surface area contributed by atoms with E-state index < -0.39 is 0 Å². The topological polar surface area (TPSA) is 30.7 Å². The molecule has 0 aromatic carbocycles. The van der Waals surface area contributed by atoms with E-state index in [2.05, 4.69) is 23.2 Å². The summed E-state index contributed by atoms with van der Waals surface area (Å²) in [4.78, 5) is 3.94.